The number of nitrogens with zero attached hydrogens (tertiary/aromatic N) is 2. The van der Waals surface area contributed by atoms with Gasteiger partial charge in [0.2, 0.25) is 11.8 Å². The Morgan fingerprint density at radius 2 is 1.93 bits per heavy atom. The van der Waals surface area contributed by atoms with Gasteiger partial charge in [-0.05, 0) is 55.7 Å². The summed E-state index contributed by atoms with van der Waals surface area (Å²) in [5, 5.41) is 14.3. The van der Waals surface area contributed by atoms with Crippen molar-refractivity contribution in [3.8, 4) is 0 Å². The monoisotopic (exact) mass is 428 g/mol. The molecule has 0 bridgehead atoms. The fourth-order valence-corrected chi connectivity index (χ4v) is 3.76. The molecule has 2 aromatic rings. The Labute approximate surface area is 178 Å². The third-order valence-corrected chi connectivity index (χ3v) is 5.90. The third-order valence-electron chi connectivity index (χ3n) is 4.58. The van der Waals surface area contributed by atoms with Crippen LogP contribution in [0.15, 0.2) is 52.7 Å². The van der Waals surface area contributed by atoms with Crippen LogP contribution in [0.25, 0.3) is 0 Å². The quantitative estimate of drug-likeness (QED) is 0.550. The lowest BCUT2D eigenvalue weighted by atomic mass is 10.1. The van der Waals surface area contributed by atoms with Crippen molar-refractivity contribution >= 4 is 51.7 Å². The van der Waals surface area contributed by atoms with Gasteiger partial charge in [0.1, 0.15) is 5.25 Å². The highest BCUT2D eigenvalue weighted by Gasteiger charge is 2.32. The van der Waals surface area contributed by atoms with E-state index < -0.39 is 5.25 Å². The minimum absolute atomic E-state index is 0.0583. The van der Waals surface area contributed by atoms with E-state index in [-0.39, 0.29) is 18.2 Å². The summed E-state index contributed by atoms with van der Waals surface area (Å²) in [6.45, 7) is 5.76. The molecule has 0 spiro atoms. The average Bonchev–Trinajstić information content (AvgIpc) is 3.03. The van der Waals surface area contributed by atoms with Crippen molar-refractivity contribution in [3.05, 3.63) is 64.2 Å². The fourth-order valence-electron chi connectivity index (χ4n) is 2.71. The van der Waals surface area contributed by atoms with Gasteiger partial charge in [0.15, 0.2) is 5.17 Å². The van der Waals surface area contributed by atoms with Crippen LogP contribution < -0.4 is 10.6 Å². The molecule has 1 unspecified atom stereocenters. The topological polar surface area (TPSA) is 82.9 Å². The molecule has 1 aliphatic rings. The number of hydrogen-bond donors (Lipinski definition) is 2. The number of carbonyl (C=O) groups is 2. The minimum atomic E-state index is -0.537. The Morgan fingerprint density at radius 3 is 2.66 bits per heavy atom. The van der Waals surface area contributed by atoms with Gasteiger partial charge < -0.3 is 10.6 Å². The van der Waals surface area contributed by atoms with Crippen molar-refractivity contribution in [1.82, 2.24) is 5.32 Å². The Hall–Kier alpha value is -2.64. The summed E-state index contributed by atoms with van der Waals surface area (Å²) in [4.78, 5) is 24.6. The highest BCUT2D eigenvalue weighted by molar-refractivity contribution is 8.15. The Kier molecular flexibility index (Phi) is 6.71. The molecule has 1 heterocycles. The molecule has 3 rings (SSSR count). The van der Waals surface area contributed by atoms with Crippen LogP contribution in [0.2, 0.25) is 5.02 Å². The maximum absolute atomic E-state index is 12.4. The lowest BCUT2D eigenvalue weighted by Gasteiger charge is -2.11. The molecule has 6 nitrogen and oxygen atoms in total. The largest absolute Gasteiger partial charge is 0.326 e. The van der Waals surface area contributed by atoms with E-state index in [1.807, 2.05) is 51.1 Å². The number of thioether (sulfide) groups is 1. The molecule has 2 amide bonds. The first kappa shape index (κ1) is 21.1. The summed E-state index contributed by atoms with van der Waals surface area (Å²) in [6.07, 6.45) is 0.0583. The fraction of sp³-hybridized carbons (Fsp3) is 0.238. The minimum Gasteiger partial charge on any atom is -0.326 e. The number of hydrogen-bond acceptors (Lipinski definition) is 5. The summed E-state index contributed by atoms with van der Waals surface area (Å²) in [6, 6.07) is 13.0. The molecule has 2 N–H and O–H groups in total. The first-order valence-electron chi connectivity index (χ1n) is 9.05. The number of halogens is 1. The van der Waals surface area contributed by atoms with E-state index >= 15 is 0 Å². The van der Waals surface area contributed by atoms with Gasteiger partial charge in [-0.1, -0.05) is 47.6 Å². The normalized spacial score (nSPS) is 18.1. The van der Waals surface area contributed by atoms with Crippen molar-refractivity contribution < 1.29 is 9.59 Å². The first-order valence-corrected chi connectivity index (χ1v) is 10.3. The molecule has 8 heteroatoms. The van der Waals surface area contributed by atoms with Crippen molar-refractivity contribution in [2.75, 3.05) is 5.32 Å². The summed E-state index contributed by atoms with van der Waals surface area (Å²) in [5.41, 5.74) is 4.45. The van der Waals surface area contributed by atoms with Crippen LogP contribution in [0.5, 0.6) is 0 Å². The van der Waals surface area contributed by atoms with Crippen molar-refractivity contribution in [1.29, 1.82) is 0 Å². The SMILES string of the molecule is C/C(=N/N=C1\NC(=O)C(CC(=O)Nc2cccc(C)c2C)S1)c1ccc(Cl)cc1. The van der Waals surface area contributed by atoms with Crippen molar-refractivity contribution in [3.63, 3.8) is 0 Å². The van der Waals surface area contributed by atoms with Crippen LogP contribution in [-0.2, 0) is 9.59 Å². The second kappa shape index (κ2) is 9.24. The number of benzene rings is 2. The molecule has 0 aliphatic carbocycles. The molecular formula is C21H21ClN4O2S. The van der Waals surface area contributed by atoms with E-state index in [4.69, 9.17) is 11.6 Å². The van der Waals surface area contributed by atoms with E-state index in [9.17, 15) is 9.59 Å². The summed E-state index contributed by atoms with van der Waals surface area (Å²) < 4.78 is 0. The Balaban J connectivity index is 1.61. The van der Waals surface area contributed by atoms with Gasteiger partial charge in [-0.2, -0.15) is 5.10 Å². The van der Waals surface area contributed by atoms with Gasteiger partial charge >= 0.3 is 0 Å². The second-order valence-electron chi connectivity index (χ2n) is 6.69. The summed E-state index contributed by atoms with van der Waals surface area (Å²) in [5.74, 6) is -0.461. The Morgan fingerprint density at radius 1 is 1.21 bits per heavy atom. The number of anilines is 1. The molecule has 1 saturated heterocycles. The molecule has 1 aliphatic heterocycles. The predicted octanol–water partition coefficient (Wildman–Crippen LogP) is 4.30. The van der Waals surface area contributed by atoms with Crippen LogP contribution in [0, 0.1) is 13.8 Å². The third kappa shape index (κ3) is 5.46. The lowest BCUT2D eigenvalue weighted by Crippen LogP contribution is -2.28. The molecule has 0 aromatic heterocycles. The number of amidine groups is 1. The number of carbonyl (C=O) groups excluding carboxylic acids is 2. The van der Waals surface area contributed by atoms with E-state index in [0.717, 1.165) is 22.4 Å². The average molecular weight is 429 g/mol. The zero-order valence-corrected chi connectivity index (χ0v) is 17.9. The molecule has 0 saturated carbocycles. The van der Waals surface area contributed by atoms with Gasteiger partial charge in [0.05, 0.1) is 5.71 Å². The first-order chi connectivity index (χ1) is 13.8. The van der Waals surface area contributed by atoms with Gasteiger partial charge in [-0.25, -0.2) is 0 Å². The van der Waals surface area contributed by atoms with Crippen LogP contribution in [0.1, 0.15) is 30.0 Å². The Bertz CT molecular complexity index is 1000. The van der Waals surface area contributed by atoms with Crippen LogP contribution in [-0.4, -0.2) is 27.9 Å². The standard InChI is InChI=1S/C21H21ClN4O2S/c1-12-5-4-6-17(13(12)2)23-19(27)11-18-20(28)24-21(29-18)26-25-14(3)15-7-9-16(22)10-8-15/h4-10,18H,11H2,1-3H3,(H,23,27)(H,24,26,28)/b25-14-. The van der Waals surface area contributed by atoms with Crippen LogP contribution in [0.4, 0.5) is 5.69 Å². The van der Waals surface area contributed by atoms with Crippen molar-refractivity contribution in [2.24, 2.45) is 10.2 Å². The molecule has 2 aromatic carbocycles. The highest BCUT2D eigenvalue weighted by Crippen LogP contribution is 2.24. The number of nitrogens with one attached hydrogen (secondary N) is 2. The summed E-state index contributed by atoms with van der Waals surface area (Å²) in [7, 11) is 0. The summed E-state index contributed by atoms with van der Waals surface area (Å²) >= 11 is 7.09. The maximum Gasteiger partial charge on any atom is 0.240 e. The van der Waals surface area contributed by atoms with E-state index in [1.54, 1.807) is 12.1 Å². The predicted molar refractivity (Wildman–Crippen MR) is 120 cm³/mol. The lowest BCUT2D eigenvalue weighted by molar-refractivity contribution is -0.122. The molecule has 1 fully saturated rings. The number of aryl methyl sites for hydroxylation is 1. The maximum atomic E-state index is 12.4. The van der Waals surface area contributed by atoms with Crippen molar-refractivity contribution in [2.45, 2.75) is 32.4 Å². The van der Waals surface area contributed by atoms with Gasteiger partial charge in [0, 0.05) is 17.1 Å². The molecule has 29 heavy (non-hydrogen) atoms. The van der Waals surface area contributed by atoms with Crippen LogP contribution >= 0.6 is 23.4 Å². The molecule has 150 valence electrons. The molecular weight excluding hydrogens is 408 g/mol. The van der Waals surface area contributed by atoms with Crippen LogP contribution in [0.3, 0.4) is 0 Å². The van der Waals surface area contributed by atoms with E-state index in [0.29, 0.717) is 15.9 Å². The van der Waals surface area contributed by atoms with Gasteiger partial charge in [0.25, 0.3) is 0 Å². The number of amides is 2. The van der Waals surface area contributed by atoms with E-state index in [2.05, 4.69) is 20.8 Å². The highest BCUT2D eigenvalue weighted by atomic mass is 35.5. The number of rotatable bonds is 5. The second-order valence-corrected chi connectivity index (χ2v) is 8.32. The van der Waals surface area contributed by atoms with Gasteiger partial charge in [-0.3, -0.25) is 9.59 Å². The molecule has 0 radical (unpaired) electrons. The molecule has 1 atom stereocenters. The van der Waals surface area contributed by atoms with Gasteiger partial charge in [-0.15, -0.1) is 5.10 Å². The smallest absolute Gasteiger partial charge is 0.240 e. The zero-order chi connectivity index (χ0) is 21.0. The zero-order valence-electron chi connectivity index (χ0n) is 16.3. The van der Waals surface area contributed by atoms with E-state index in [1.165, 1.54) is 11.8 Å².